The Labute approximate surface area is 884 Å². The highest BCUT2D eigenvalue weighted by molar-refractivity contribution is 7.19. The summed E-state index contributed by atoms with van der Waals surface area (Å²) in [5, 5.41) is 8.05. The number of pyridine rings is 4. The molecule has 30 nitrogen and oxygen atoms in total. The van der Waals surface area contributed by atoms with Crippen molar-refractivity contribution in [2.75, 3.05) is 14.1 Å². The molecule has 20 rings (SSSR count). The Morgan fingerprint density at radius 3 is 0.939 bits per heavy atom. The zero-order chi connectivity index (χ0) is 105. The third-order valence-corrected chi connectivity index (χ3v) is 30.2. The molecule has 0 bridgehead atoms. The van der Waals surface area contributed by atoms with Crippen molar-refractivity contribution in [1.29, 1.82) is 0 Å². The van der Waals surface area contributed by atoms with Gasteiger partial charge in [-0.2, -0.15) is 13.2 Å². The first-order chi connectivity index (χ1) is 70.9. The van der Waals surface area contributed by atoms with Crippen molar-refractivity contribution >= 4 is 184 Å². The zero-order valence-electron chi connectivity index (χ0n) is 78.5. The number of rotatable bonds is 27. The van der Waals surface area contributed by atoms with E-state index in [-0.39, 0.29) is 45.3 Å². The maximum absolute atomic E-state index is 13.7. The van der Waals surface area contributed by atoms with Gasteiger partial charge in [0.25, 0.3) is 41.4 Å². The molecular weight excluding hydrogens is 2110 g/mol. The molecule has 0 spiro atoms. The summed E-state index contributed by atoms with van der Waals surface area (Å²) in [5.74, 6) is -2.02. The van der Waals surface area contributed by atoms with Crippen LogP contribution in [0.1, 0.15) is 168 Å². The number of fused-ring (bicyclic) bond motifs is 5. The summed E-state index contributed by atoms with van der Waals surface area (Å²) in [6.07, 6.45) is 12.6. The predicted molar refractivity (Wildman–Crippen MR) is 567 cm³/mol. The van der Waals surface area contributed by atoms with Crippen LogP contribution in [0.3, 0.4) is 0 Å². The number of amides is 7. The monoisotopic (exact) mass is 2190 g/mol. The van der Waals surface area contributed by atoms with Crippen LogP contribution < -0.4 is 63.0 Å². The minimum atomic E-state index is -4.50. The van der Waals surface area contributed by atoms with E-state index in [1.54, 1.807) is 176 Å². The number of thiophene rings is 5. The van der Waals surface area contributed by atoms with E-state index in [1.807, 2.05) is 128 Å². The quantitative estimate of drug-likeness (QED) is 0.0235. The number of hydrogen-bond acceptors (Lipinski definition) is 23. The molecule has 0 aliphatic rings. The Balaban J connectivity index is 0.000000132. The summed E-state index contributed by atoms with van der Waals surface area (Å²) >= 11 is 37.2. The third kappa shape index (κ3) is 23.4. The highest BCUT2D eigenvalue weighted by Crippen LogP contribution is 2.47. The number of carbonyl (C=O) groups is 7. The summed E-state index contributed by atoms with van der Waals surface area (Å²) in [6, 6.07) is 57.3. The van der Waals surface area contributed by atoms with E-state index in [9.17, 15) is 51.1 Å². The van der Waals surface area contributed by atoms with Crippen LogP contribution in [0.5, 0.6) is 28.7 Å². The Kier molecular flexibility index (Phi) is 32.4. The Morgan fingerprint density at radius 2 is 0.615 bits per heavy atom. The number of imidazole rings is 5. The van der Waals surface area contributed by atoms with Crippen LogP contribution in [0, 0.1) is 5.82 Å². The van der Waals surface area contributed by atoms with Gasteiger partial charge >= 0.3 is 6.18 Å². The summed E-state index contributed by atoms with van der Waals surface area (Å²) in [7, 11) is 3.15. The standard InChI is InChI=1S/2C22H19ClN4O3S.C21H15ClF3N3O2S.C20H15ClFN3O2S.C19H15ClN4O2S/c1-12(14-5-3-4-6-15(14)23)30-17-9-18(31-20(17)21(24)28)16-10-26-19-8-7-13(11-27(16)19)22(29)25-2;1-12(14-5-3-4-6-15(14)23)30-17-10-18(31-20(17)21(24)28)16-11-26-19-9-13(22(29)25-2)7-8-27(16)19;1-11(13-4-2-3-5-14(13)22)30-16-8-17(31-19(16)20(26)29)15-9-27-18-7-6-12(10-28(15)18)21(23,24)25;1-11(13-4-2-3-5-14(13)21)27-16-8-17(28-19(16)20(23)26)15-9-24-18-7-6-12(22)10-25(15)18;1-11(12-4-2-3-5-13(12)20)26-15-8-16(27-18(15)19(21)25)14-9-23-17-10-22-6-7-24(14)17/h2*3-12H,1-2H3,(H2,24,28)(H,25,29);2-11H,1H3,(H2,26,29);2-11H,1H3,(H2,23,26);2-11H,1H3,(H2,21,25). The van der Waals surface area contributed by atoms with Crippen molar-refractivity contribution in [2.24, 2.45) is 28.7 Å². The van der Waals surface area contributed by atoms with Gasteiger partial charge in [-0.3, -0.25) is 60.5 Å². The molecule has 7 amide bonds. The minimum absolute atomic E-state index is 0.149. The summed E-state index contributed by atoms with van der Waals surface area (Å²) in [6.45, 7) is 9.20. The Bertz CT molecular complexity index is 8440. The molecule has 5 unspecified atom stereocenters. The molecule has 0 aliphatic heterocycles. The van der Waals surface area contributed by atoms with Crippen LogP contribution in [0.4, 0.5) is 17.6 Å². The van der Waals surface area contributed by atoms with Crippen molar-refractivity contribution in [3.05, 3.63) is 374 Å². The normalized spacial score (nSPS) is 12.2. The molecule has 5 aromatic carbocycles. The summed E-state index contributed by atoms with van der Waals surface area (Å²) < 4.78 is 91.7. The van der Waals surface area contributed by atoms with Gasteiger partial charge in [-0.25, -0.2) is 29.3 Å². The van der Waals surface area contributed by atoms with E-state index in [2.05, 4.69) is 40.5 Å². The maximum atomic E-state index is 13.7. The first-order valence-electron chi connectivity index (χ1n) is 44.5. The number of aromatic nitrogens is 11. The fourth-order valence-electron chi connectivity index (χ4n) is 15.5. The average molecular weight is 2190 g/mol. The second kappa shape index (κ2) is 45.6. The van der Waals surface area contributed by atoms with Crippen LogP contribution in [0.25, 0.3) is 81.1 Å². The van der Waals surface area contributed by atoms with Crippen molar-refractivity contribution in [3.63, 3.8) is 0 Å². The number of ether oxygens (including phenoxy) is 5. The molecule has 15 heterocycles. The number of nitrogens with one attached hydrogen (secondary N) is 2. The van der Waals surface area contributed by atoms with Gasteiger partial charge in [0.1, 0.15) is 112 Å². The smallest absolute Gasteiger partial charge is 0.417 e. The SMILES string of the molecule is CC(Oc1cc(-c2cnc3ccc(C(F)(F)F)cn23)sc1C(N)=O)c1ccccc1Cl.CC(Oc1cc(-c2cnc3ccc(F)cn23)sc1C(N)=O)c1ccccc1Cl.CC(Oc1cc(-c2cnc3cnccn23)sc1C(N)=O)c1ccccc1Cl.CNC(=O)c1ccc2ncc(-c3cc(OC(C)c4ccccc4Cl)c(C(N)=O)s3)n2c1.CNC(=O)c1ccn2c(-c3cc(OC(C)c4ccccc4Cl)c(C(N)=O)s3)cnc2c1. The molecule has 44 heteroatoms. The lowest BCUT2D eigenvalue weighted by Gasteiger charge is -2.16. The zero-order valence-corrected chi connectivity index (χ0v) is 86.4. The van der Waals surface area contributed by atoms with Gasteiger partial charge in [-0.05, 0) is 113 Å². The van der Waals surface area contributed by atoms with E-state index in [0.29, 0.717) is 129 Å². The van der Waals surface area contributed by atoms with Crippen LogP contribution in [-0.4, -0.2) is 107 Å². The molecule has 0 saturated carbocycles. The van der Waals surface area contributed by atoms with Gasteiger partial charge in [-0.1, -0.05) is 149 Å². The molecule has 148 heavy (non-hydrogen) atoms. The van der Waals surface area contributed by atoms with Gasteiger partial charge in [0.05, 0.1) is 101 Å². The number of alkyl halides is 3. The lowest BCUT2D eigenvalue weighted by atomic mass is 10.1. The number of halogens is 9. The van der Waals surface area contributed by atoms with Crippen LogP contribution in [-0.2, 0) is 6.18 Å². The number of primary amides is 5. The fraction of sp³-hybridized carbons (Fsp3) is 0.125. The van der Waals surface area contributed by atoms with E-state index in [1.165, 1.54) is 74.3 Å². The van der Waals surface area contributed by atoms with E-state index < -0.39 is 59.6 Å². The minimum Gasteiger partial charge on any atom is -0.484 e. The molecule has 15 aromatic heterocycles. The molecule has 0 aliphatic carbocycles. The fourth-order valence-corrected chi connectivity index (χ4v) is 21.7. The van der Waals surface area contributed by atoms with E-state index in [0.717, 1.165) is 77.4 Å². The molecule has 20 aromatic rings. The highest BCUT2D eigenvalue weighted by Gasteiger charge is 2.34. The molecule has 5 atom stereocenters. The number of hydrogen-bond donors (Lipinski definition) is 7. The summed E-state index contributed by atoms with van der Waals surface area (Å²) in [5.41, 5.74) is 38.3. The Morgan fingerprint density at radius 1 is 0.331 bits per heavy atom. The molecule has 0 saturated heterocycles. The lowest BCUT2D eigenvalue weighted by Crippen LogP contribution is -2.18. The van der Waals surface area contributed by atoms with Crippen molar-refractivity contribution in [2.45, 2.75) is 71.3 Å². The molecular formula is C104H83Cl5F4N18O12S5. The lowest BCUT2D eigenvalue weighted by molar-refractivity contribution is -0.137. The number of nitrogens with zero attached hydrogens (tertiary/aromatic N) is 11. The first-order valence-corrected chi connectivity index (χ1v) is 50.5. The van der Waals surface area contributed by atoms with Gasteiger partial charge in [0.2, 0.25) is 0 Å². The molecule has 754 valence electrons. The average Bonchev–Trinajstić information content (AvgIpc) is 1.64. The molecule has 12 N–H and O–H groups in total. The largest absolute Gasteiger partial charge is 0.484 e. The van der Waals surface area contributed by atoms with E-state index >= 15 is 0 Å². The van der Waals surface area contributed by atoms with Gasteiger partial charge in [-0.15, -0.1) is 56.7 Å². The maximum Gasteiger partial charge on any atom is 0.417 e. The summed E-state index contributed by atoms with van der Waals surface area (Å²) in [4.78, 5) is 114. The second-order valence-corrected chi connectivity index (χ2v) is 39.7. The molecule has 0 fully saturated rings. The van der Waals surface area contributed by atoms with Crippen molar-refractivity contribution in [3.8, 4) is 81.6 Å². The van der Waals surface area contributed by atoms with Crippen LogP contribution in [0.2, 0.25) is 25.1 Å². The van der Waals surface area contributed by atoms with Gasteiger partial charge < -0.3 is 63.0 Å². The van der Waals surface area contributed by atoms with Crippen molar-refractivity contribution < 1.29 is 74.8 Å². The topological polar surface area (TPSA) is 419 Å². The second-order valence-electron chi connectivity index (χ2n) is 32.4. The third-order valence-electron chi connectivity index (χ3n) is 22.7. The van der Waals surface area contributed by atoms with Crippen molar-refractivity contribution in [1.82, 2.24) is 62.5 Å². The molecule has 0 radical (unpaired) electrons. The number of benzene rings is 5. The van der Waals surface area contributed by atoms with Crippen LogP contribution >= 0.6 is 115 Å². The number of nitrogens with two attached hydrogens (primary N) is 5. The first kappa shape index (κ1) is 105. The van der Waals surface area contributed by atoms with Crippen LogP contribution in [0.15, 0.2) is 275 Å². The predicted octanol–water partition coefficient (Wildman–Crippen LogP) is 24.0. The van der Waals surface area contributed by atoms with Gasteiger partial charge in [0.15, 0.2) is 5.65 Å². The Hall–Kier alpha value is -15.6. The van der Waals surface area contributed by atoms with E-state index in [4.69, 9.17) is 110 Å². The van der Waals surface area contributed by atoms with Gasteiger partial charge in [0, 0.05) is 140 Å². The number of carbonyl (C=O) groups excluding carboxylic acids is 7. The highest BCUT2D eigenvalue weighted by atomic mass is 35.5.